The molecule has 2 rings (SSSR count). The van der Waals surface area contributed by atoms with Crippen molar-refractivity contribution in [3.05, 3.63) is 46.2 Å². The normalized spacial score (nSPS) is 10.3. The topological polar surface area (TPSA) is 59.2 Å². The van der Waals surface area contributed by atoms with E-state index >= 15 is 0 Å². The molecule has 2 aromatic rings. The molecular formula is C14H12BrNO3. The van der Waals surface area contributed by atoms with Crippen LogP contribution < -0.4 is 0 Å². The second kappa shape index (κ2) is 5.40. The number of aromatic nitrogens is 1. The third-order valence-corrected chi connectivity index (χ3v) is 3.48. The molecule has 0 aliphatic heterocycles. The molecule has 1 aromatic carbocycles. The van der Waals surface area contributed by atoms with Gasteiger partial charge in [-0.15, -0.1) is 0 Å². The molecule has 0 fully saturated rings. The second-order valence-corrected chi connectivity index (χ2v) is 4.83. The Balaban J connectivity index is 2.66. The van der Waals surface area contributed by atoms with Gasteiger partial charge in [0.1, 0.15) is 5.69 Å². The van der Waals surface area contributed by atoms with Crippen molar-refractivity contribution >= 4 is 27.7 Å². The number of Topliss-reactive ketones (excluding diaryl/α,β-unsaturated/α-hetero) is 1. The van der Waals surface area contributed by atoms with Gasteiger partial charge in [0.25, 0.3) is 0 Å². The molecule has 0 aliphatic rings. The summed E-state index contributed by atoms with van der Waals surface area (Å²) in [6.45, 7) is 1.43. The zero-order valence-corrected chi connectivity index (χ0v) is 12.1. The van der Waals surface area contributed by atoms with Gasteiger partial charge in [-0.1, -0.05) is 34.1 Å². The van der Waals surface area contributed by atoms with E-state index in [9.17, 15) is 9.59 Å². The summed E-state index contributed by atoms with van der Waals surface area (Å²) in [4.78, 5) is 26.3. The minimum absolute atomic E-state index is 0.181. The number of methoxy groups -OCH3 is 1. The molecule has 0 bridgehead atoms. The van der Waals surface area contributed by atoms with Crippen LogP contribution in [0, 0.1) is 0 Å². The van der Waals surface area contributed by atoms with Crippen molar-refractivity contribution in [1.29, 1.82) is 0 Å². The Kier molecular flexibility index (Phi) is 3.85. The molecule has 0 atom stereocenters. The Morgan fingerprint density at radius 3 is 2.47 bits per heavy atom. The first-order valence-electron chi connectivity index (χ1n) is 5.61. The standard InChI is InChI=1S/C14H12BrNO3/c1-8(17)12-10(7-16-13(12)14(18)19-2)9-5-3-4-6-11(9)15/h3-7,16H,1-2H3. The maximum absolute atomic E-state index is 11.8. The van der Waals surface area contributed by atoms with E-state index in [2.05, 4.69) is 25.7 Å². The Labute approximate surface area is 118 Å². The van der Waals surface area contributed by atoms with Gasteiger partial charge in [0, 0.05) is 16.2 Å². The summed E-state index contributed by atoms with van der Waals surface area (Å²) in [7, 11) is 1.28. The van der Waals surface area contributed by atoms with E-state index in [1.165, 1.54) is 14.0 Å². The highest BCUT2D eigenvalue weighted by Gasteiger charge is 2.22. The van der Waals surface area contributed by atoms with Gasteiger partial charge in [0.05, 0.1) is 12.7 Å². The molecule has 19 heavy (non-hydrogen) atoms. The van der Waals surface area contributed by atoms with Crippen LogP contribution in [0.15, 0.2) is 34.9 Å². The lowest BCUT2D eigenvalue weighted by atomic mass is 10.0. The van der Waals surface area contributed by atoms with Crippen molar-refractivity contribution < 1.29 is 14.3 Å². The minimum atomic E-state index is -0.552. The minimum Gasteiger partial charge on any atom is -0.464 e. The van der Waals surface area contributed by atoms with Crippen LogP contribution in [0.1, 0.15) is 27.8 Å². The van der Waals surface area contributed by atoms with E-state index in [0.29, 0.717) is 11.1 Å². The lowest BCUT2D eigenvalue weighted by Gasteiger charge is -2.05. The molecule has 0 unspecified atom stereocenters. The van der Waals surface area contributed by atoms with Gasteiger partial charge in [0.15, 0.2) is 5.78 Å². The molecule has 98 valence electrons. The third-order valence-electron chi connectivity index (χ3n) is 2.79. The highest BCUT2D eigenvalue weighted by Crippen LogP contribution is 2.32. The predicted octanol–water partition coefficient (Wildman–Crippen LogP) is 3.43. The van der Waals surface area contributed by atoms with Crippen molar-refractivity contribution in [1.82, 2.24) is 4.98 Å². The lowest BCUT2D eigenvalue weighted by Crippen LogP contribution is -2.08. The molecule has 0 amide bonds. The molecule has 0 saturated carbocycles. The number of benzene rings is 1. The van der Waals surface area contributed by atoms with Crippen molar-refractivity contribution in [3.63, 3.8) is 0 Å². The number of hydrogen-bond acceptors (Lipinski definition) is 3. The van der Waals surface area contributed by atoms with Gasteiger partial charge >= 0.3 is 5.97 Å². The summed E-state index contributed by atoms with van der Waals surface area (Å²) >= 11 is 3.44. The van der Waals surface area contributed by atoms with E-state index in [1.807, 2.05) is 24.3 Å². The Hall–Kier alpha value is -1.88. The number of nitrogens with one attached hydrogen (secondary N) is 1. The van der Waals surface area contributed by atoms with Crippen LogP contribution in [-0.2, 0) is 4.74 Å². The predicted molar refractivity (Wildman–Crippen MR) is 75.3 cm³/mol. The van der Waals surface area contributed by atoms with E-state index in [-0.39, 0.29) is 11.5 Å². The van der Waals surface area contributed by atoms with Crippen LogP contribution in [0.25, 0.3) is 11.1 Å². The molecule has 0 aliphatic carbocycles. The molecule has 4 nitrogen and oxygen atoms in total. The molecule has 1 N–H and O–H groups in total. The monoisotopic (exact) mass is 321 g/mol. The van der Waals surface area contributed by atoms with Gasteiger partial charge in [-0.05, 0) is 18.6 Å². The molecule has 0 radical (unpaired) electrons. The number of carbonyl (C=O) groups excluding carboxylic acids is 2. The van der Waals surface area contributed by atoms with E-state index in [4.69, 9.17) is 0 Å². The number of halogens is 1. The maximum Gasteiger partial charge on any atom is 0.355 e. The highest BCUT2D eigenvalue weighted by molar-refractivity contribution is 9.10. The average Bonchev–Trinajstić information content (AvgIpc) is 2.83. The first kappa shape index (κ1) is 13.5. The lowest BCUT2D eigenvalue weighted by molar-refractivity contribution is 0.0591. The largest absolute Gasteiger partial charge is 0.464 e. The zero-order chi connectivity index (χ0) is 14.0. The number of ether oxygens (including phenoxy) is 1. The van der Waals surface area contributed by atoms with Crippen molar-refractivity contribution in [2.24, 2.45) is 0 Å². The van der Waals surface area contributed by atoms with Crippen LogP contribution in [-0.4, -0.2) is 23.8 Å². The number of ketones is 1. The van der Waals surface area contributed by atoms with Gasteiger partial charge in [-0.2, -0.15) is 0 Å². The summed E-state index contributed by atoms with van der Waals surface area (Å²) in [6, 6.07) is 7.51. The fraction of sp³-hybridized carbons (Fsp3) is 0.143. The Morgan fingerprint density at radius 2 is 1.89 bits per heavy atom. The van der Waals surface area contributed by atoms with E-state index in [0.717, 1.165) is 10.0 Å². The zero-order valence-electron chi connectivity index (χ0n) is 10.5. The third kappa shape index (κ3) is 2.46. The number of H-pyrrole nitrogens is 1. The van der Waals surface area contributed by atoms with Crippen LogP contribution in [0.5, 0.6) is 0 Å². The molecule has 1 heterocycles. The second-order valence-electron chi connectivity index (χ2n) is 3.98. The summed E-state index contributed by atoms with van der Waals surface area (Å²) < 4.78 is 5.53. The molecule has 5 heteroatoms. The summed E-state index contributed by atoms with van der Waals surface area (Å²) in [5.74, 6) is -0.740. The van der Waals surface area contributed by atoms with Crippen LogP contribution in [0.4, 0.5) is 0 Å². The fourth-order valence-electron chi connectivity index (χ4n) is 1.94. The molecule has 1 aromatic heterocycles. The number of rotatable bonds is 3. The van der Waals surface area contributed by atoms with E-state index in [1.54, 1.807) is 6.20 Å². The summed E-state index contributed by atoms with van der Waals surface area (Å²) in [5, 5.41) is 0. The Morgan fingerprint density at radius 1 is 1.21 bits per heavy atom. The molecular weight excluding hydrogens is 310 g/mol. The van der Waals surface area contributed by atoms with Crippen LogP contribution >= 0.6 is 15.9 Å². The van der Waals surface area contributed by atoms with Gasteiger partial charge < -0.3 is 9.72 Å². The molecule has 0 saturated heterocycles. The van der Waals surface area contributed by atoms with Crippen molar-refractivity contribution in [2.75, 3.05) is 7.11 Å². The highest BCUT2D eigenvalue weighted by atomic mass is 79.9. The molecule has 0 spiro atoms. The van der Waals surface area contributed by atoms with Crippen LogP contribution in [0.2, 0.25) is 0 Å². The van der Waals surface area contributed by atoms with Crippen LogP contribution in [0.3, 0.4) is 0 Å². The van der Waals surface area contributed by atoms with Crippen molar-refractivity contribution in [3.8, 4) is 11.1 Å². The Bertz CT molecular complexity index is 646. The van der Waals surface area contributed by atoms with Gasteiger partial charge in [-0.3, -0.25) is 4.79 Å². The first-order chi connectivity index (χ1) is 9.06. The van der Waals surface area contributed by atoms with E-state index < -0.39 is 5.97 Å². The van der Waals surface area contributed by atoms with Gasteiger partial charge in [0.2, 0.25) is 0 Å². The first-order valence-corrected chi connectivity index (χ1v) is 6.41. The quantitative estimate of drug-likeness (QED) is 0.696. The van der Waals surface area contributed by atoms with Crippen molar-refractivity contribution in [2.45, 2.75) is 6.92 Å². The number of esters is 1. The number of hydrogen-bond donors (Lipinski definition) is 1. The SMILES string of the molecule is COC(=O)c1[nH]cc(-c2ccccc2Br)c1C(C)=O. The number of aromatic amines is 1. The summed E-state index contributed by atoms with van der Waals surface area (Å²) in [5.41, 5.74) is 2.05. The fourth-order valence-corrected chi connectivity index (χ4v) is 2.44. The van der Waals surface area contributed by atoms with Gasteiger partial charge in [-0.25, -0.2) is 4.79 Å². The summed E-state index contributed by atoms with van der Waals surface area (Å²) in [6.07, 6.45) is 1.64. The smallest absolute Gasteiger partial charge is 0.355 e. The number of carbonyl (C=O) groups is 2. The average molecular weight is 322 g/mol. The maximum atomic E-state index is 11.8.